The molecule has 0 bridgehead atoms. The summed E-state index contributed by atoms with van der Waals surface area (Å²) < 4.78 is 32.8. The maximum Gasteiger partial charge on any atom is 0.305 e. The lowest BCUT2D eigenvalue weighted by Gasteiger charge is -2.17. The number of nitrogens with zero attached hydrogens (tertiary/aromatic N) is 4. The number of aromatic nitrogens is 4. The van der Waals surface area contributed by atoms with Gasteiger partial charge in [0.1, 0.15) is 17.2 Å². The number of benzene rings is 2. The highest BCUT2D eigenvalue weighted by Gasteiger charge is 2.30. The van der Waals surface area contributed by atoms with E-state index in [1.54, 1.807) is 24.3 Å². The molecular weight excluding hydrogens is 509 g/mol. The van der Waals surface area contributed by atoms with Gasteiger partial charge >= 0.3 is 5.97 Å². The van der Waals surface area contributed by atoms with Crippen molar-refractivity contribution in [2.75, 3.05) is 7.11 Å². The van der Waals surface area contributed by atoms with Crippen LogP contribution < -0.4 is 9.46 Å². The molecule has 1 unspecified atom stereocenters. The summed E-state index contributed by atoms with van der Waals surface area (Å²) >= 11 is 12.3. The molecule has 1 atom stereocenters. The first kappa shape index (κ1) is 25.6. The number of hydrogen-bond donors (Lipinski definition) is 2. The van der Waals surface area contributed by atoms with Crippen LogP contribution in [-0.4, -0.2) is 58.6 Å². The summed E-state index contributed by atoms with van der Waals surface area (Å²) in [6, 6.07) is 9.15. The number of carboxylic acids is 1. The Labute approximate surface area is 204 Å². The number of hydrogen-bond acceptors (Lipinski definition) is 8. The van der Waals surface area contributed by atoms with Gasteiger partial charge < -0.3 is 9.84 Å². The summed E-state index contributed by atoms with van der Waals surface area (Å²) in [6.07, 6.45) is -0.643. The zero-order chi connectivity index (χ0) is 24.9. The molecule has 0 fully saturated rings. The van der Waals surface area contributed by atoms with E-state index >= 15 is 0 Å². The Balaban J connectivity index is 1.77. The van der Waals surface area contributed by atoms with Gasteiger partial charge in [-0.25, -0.2) is 8.42 Å². The van der Waals surface area contributed by atoms with E-state index in [1.807, 2.05) is 0 Å². The molecule has 2 aromatic carbocycles. The van der Waals surface area contributed by atoms with Gasteiger partial charge in [0.05, 0.1) is 19.6 Å². The van der Waals surface area contributed by atoms with Crippen molar-refractivity contribution in [3.8, 4) is 5.75 Å². The molecular formula is C20H19Cl2N5O6S. The second-order valence-corrected chi connectivity index (χ2v) is 9.50. The van der Waals surface area contributed by atoms with Gasteiger partial charge in [-0.2, -0.15) is 9.52 Å². The average Bonchev–Trinajstić information content (AvgIpc) is 3.22. The van der Waals surface area contributed by atoms with E-state index in [1.165, 1.54) is 25.3 Å². The number of ether oxygens (including phenoxy) is 1. The summed E-state index contributed by atoms with van der Waals surface area (Å²) in [4.78, 5) is 24.8. The normalized spacial score (nSPS) is 12.3. The van der Waals surface area contributed by atoms with E-state index in [0.717, 1.165) is 4.80 Å². The van der Waals surface area contributed by atoms with Crippen molar-refractivity contribution in [1.29, 1.82) is 0 Å². The molecule has 2 N–H and O–H groups in total. The summed E-state index contributed by atoms with van der Waals surface area (Å²) in [5, 5.41) is 21.7. The van der Waals surface area contributed by atoms with E-state index in [4.69, 9.17) is 27.9 Å². The second kappa shape index (κ2) is 10.9. The lowest BCUT2D eigenvalue weighted by atomic mass is 10.1. The fourth-order valence-corrected chi connectivity index (χ4v) is 4.93. The largest absolute Gasteiger partial charge is 0.495 e. The molecule has 0 aliphatic rings. The molecule has 180 valence electrons. The van der Waals surface area contributed by atoms with Gasteiger partial charge in [0, 0.05) is 16.5 Å². The highest BCUT2D eigenvalue weighted by atomic mass is 35.5. The number of carbonyl (C=O) groups excluding carboxylic acids is 1. The molecule has 11 nitrogen and oxygen atoms in total. The number of sulfonamides is 1. The molecule has 1 aromatic heterocycles. The average molecular weight is 528 g/mol. The molecule has 0 spiro atoms. The Kier molecular flexibility index (Phi) is 8.20. The molecule has 14 heteroatoms. The van der Waals surface area contributed by atoms with Crippen LogP contribution in [-0.2, 0) is 32.6 Å². The third-order valence-electron chi connectivity index (χ3n) is 4.61. The zero-order valence-corrected chi connectivity index (χ0v) is 20.0. The molecule has 0 radical (unpaired) electrons. The maximum atomic E-state index is 12.8. The van der Waals surface area contributed by atoms with Crippen LogP contribution in [0, 0.1) is 0 Å². The lowest BCUT2D eigenvalue weighted by Crippen LogP contribution is -2.44. The number of methoxy groups -OCH3 is 1. The van der Waals surface area contributed by atoms with E-state index in [0.29, 0.717) is 15.6 Å². The Bertz CT molecular complexity index is 1290. The van der Waals surface area contributed by atoms with Gasteiger partial charge in [0.15, 0.2) is 11.6 Å². The fourth-order valence-electron chi connectivity index (χ4n) is 3.01. The standard InChI is InChI=1S/C20H19Cl2N5O6S/c1-33-17-7-2-3-8-18(17)34(31,32)25-15(10-20(29)30)16(28)11-27-24-19(23-26-27)9-12-13(21)5-4-6-14(12)22/h2-8,15,25H,9-11H2,1H3,(H,29,30). The van der Waals surface area contributed by atoms with Crippen molar-refractivity contribution in [3.63, 3.8) is 0 Å². The summed E-state index contributed by atoms with van der Waals surface area (Å²) in [5.74, 6) is -1.90. The number of carbonyl (C=O) groups is 2. The monoisotopic (exact) mass is 527 g/mol. The van der Waals surface area contributed by atoms with Gasteiger partial charge in [0.25, 0.3) is 0 Å². The maximum absolute atomic E-state index is 12.8. The van der Waals surface area contributed by atoms with Gasteiger partial charge in [-0.1, -0.05) is 41.4 Å². The smallest absolute Gasteiger partial charge is 0.305 e. The lowest BCUT2D eigenvalue weighted by molar-refractivity contribution is -0.139. The highest BCUT2D eigenvalue weighted by Crippen LogP contribution is 2.26. The molecule has 34 heavy (non-hydrogen) atoms. The number of Topliss-reactive ketones (excluding diaryl/α,β-unsaturated/α-hetero) is 1. The summed E-state index contributed by atoms with van der Waals surface area (Å²) in [5.41, 5.74) is 0.574. The Morgan fingerprint density at radius 2 is 1.82 bits per heavy atom. The predicted octanol–water partition coefficient (Wildman–Crippen LogP) is 1.97. The van der Waals surface area contributed by atoms with Gasteiger partial charge in [0.2, 0.25) is 10.0 Å². The van der Waals surface area contributed by atoms with Crippen LogP contribution >= 0.6 is 23.2 Å². The zero-order valence-electron chi connectivity index (χ0n) is 17.7. The van der Waals surface area contributed by atoms with Crippen molar-refractivity contribution in [2.45, 2.75) is 30.3 Å². The van der Waals surface area contributed by atoms with E-state index in [2.05, 4.69) is 20.1 Å². The molecule has 0 aliphatic heterocycles. The number of para-hydroxylation sites is 1. The minimum absolute atomic E-state index is 0.0392. The minimum Gasteiger partial charge on any atom is -0.495 e. The highest BCUT2D eigenvalue weighted by molar-refractivity contribution is 7.89. The van der Waals surface area contributed by atoms with Crippen LogP contribution in [0.5, 0.6) is 5.75 Å². The van der Waals surface area contributed by atoms with Crippen LogP contribution in [0.15, 0.2) is 47.4 Å². The number of rotatable bonds is 11. The van der Waals surface area contributed by atoms with Crippen molar-refractivity contribution in [3.05, 3.63) is 63.9 Å². The van der Waals surface area contributed by atoms with E-state index in [9.17, 15) is 23.1 Å². The van der Waals surface area contributed by atoms with Crippen LogP contribution in [0.3, 0.4) is 0 Å². The quantitative estimate of drug-likeness (QED) is 0.380. The minimum atomic E-state index is -4.28. The Hall–Kier alpha value is -3.06. The molecule has 0 saturated heterocycles. The summed E-state index contributed by atoms with van der Waals surface area (Å²) in [6.45, 7) is -0.518. The number of aliphatic carboxylic acids is 1. The topological polar surface area (TPSA) is 153 Å². The SMILES string of the molecule is COc1ccccc1S(=O)(=O)NC(CC(=O)O)C(=O)Cn1nnc(Cc2c(Cl)cccc2Cl)n1. The molecule has 3 aromatic rings. The van der Waals surface area contributed by atoms with Gasteiger partial charge in [-0.15, -0.1) is 10.2 Å². The number of carboxylic acid groups (broad SMARTS) is 1. The van der Waals surface area contributed by atoms with Crippen LogP contribution in [0.25, 0.3) is 0 Å². The molecule has 0 aliphatic carbocycles. The first-order valence-electron chi connectivity index (χ1n) is 9.70. The predicted molar refractivity (Wildman–Crippen MR) is 121 cm³/mol. The second-order valence-electron chi connectivity index (χ2n) is 7.00. The first-order chi connectivity index (χ1) is 16.1. The first-order valence-corrected chi connectivity index (χ1v) is 11.9. The summed E-state index contributed by atoms with van der Waals surface area (Å²) in [7, 11) is -2.99. The number of halogens is 2. The van der Waals surface area contributed by atoms with Crippen molar-refractivity contribution in [1.82, 2.24) is 24.9 Å². The number of tetrazole rings is 1. The number of nitrogens with one attached hydrogen (secondary N) is 1. The fraction of sp³-hybridized carbons (Fsp3) is 0.250. The van der Waals surface area contributed by atoms with Crippen LogP contribution in [0.4, 0.5) is 0 Å². The van der Waals surface area contributed by atoms with Gasteiger partial charge in [-0.05, 0) is 35.0 Å². The van der Waals surface area contributed by atoms with Crippen LogP contribution in [0.1, 0.15) is 17.8 Å². The number of ketones is 1. The molecule has 0 amide bonds. The van der Waals surface area contributed by atoms with E-state index in [-0.39, 0.29) is 22.9 Å². The van der Waals surface area contributed by atoms with Crippen molar-refractivity contribution < 1.29 is 27.9 Å². The Morgan fingerprint density at radius 1 is 1.15 bits per heavy atom. The molecule has 1 heterocycles. The van der Waals surface area contributed by atoms with Crippen molar-refractivity contribution in [2.24, 2.45) is 0 Å². The molecule has 3 rings (SSSR count). The van der Waals surface area contributed by atoms with Gasteiger partial charge in [-0.3, -0.25) is 9.59 Å². The third kappa shape index (κ3) is 6.29. The molecule has 0 saturated carbocycles. The van der Waals surface area contributed by atoms with Crippen molar-refractivity contribution >= 4 is 45.0 Å². The third-order valence-corrected chi connectivity index (χ3v) is 6.83. The Morgan fingerprint density at radius 3 is 2.47 bits per heavy atom. The van der Waals surface area contributed by atoms with Crippen LogP contribution in [0.2, 0.25) is 10.0 Å². The van der Waals surface area contributed by atoms with E-state index < -0.39 is 40.8 Å².